The lowest BCUT2D eigenvalue weighted by molar-refractivity contribution is 0.695. The van der Waals surface area contributed by atoms with Crippen LogP contribution in [0.2, 0.25) is 0 Å². The minimum absolute atomic E-state index is 0.996. The van der Waals surface area contributed by atoms with Gasteiger partial charge in [-0.05, 0) is 18.9 Å². The maximum atomic E-state index is 4.14. The zero-order valence-corrected chi connectivity index (χ0v) is 9.03. The molecular weight excluding hydrogens is 174 g/mol. The van der Waals surface area contributed by atoms with E-state index >= 15 is 0 Å². The molecule has 1 aromatic rings. The molecular formula is C11H18N3. The molecule has 1 rings (SSSR count). The van der Waals surface area contributed by atoms with E-state index in [4.69, 9.17) is 0 Å². The summed E-state index contributed by atoms with van der Waals surface area (Å²) in [5.74, 6) is 0.996. The Hall–Kier alpha value is -1.12. The Morgan fingerprint density at radius 1 is 1.29 bits per heavy atom. The average molecular weight is 192 g/mol. The van der Waals surface area contributed by atoms with Crippen molar-refractivity contribution in [1.82, 2.24) is 9.97 Å². The third kappa shape index (κ3) is 3.32. The molecule has 3 nitrogen and oxygen atoms in total. The fourth-order valence-corrected chi connectivity index (χ4v) is 1.39. The highest BCUT2D eigenvalue weighted by Gasteiger charge is 2.04. The quantitative estimate of drug-likeness (QED) is 0.692. The maximum absolute atomic E-state index is 4.14. The van der Waals surface area contributed by atoms with Gasteiger partial charge in [-0.15, -0.1) is 0 Å². The van der Waals surface area contributed by atoms with E-state index in [-0.39, 0.29) is 0 Å². The van der Waals surface area contributed by atoms with E-state index < -0.39 is 0 Å². The average Bonchev–Trinajstić information content (AvgIpc) is 2.25. The van der Waals surface area contributed by atoms with Gasteiger partial charge in [0, 0.05) is 19.3 Å². The van der Waals surface area contributed by atoms with Crippen molar-refractivity contribution >= 4 is 5.82 Å². The van der Waals surface area contributed by atoms with Crippen molar-refractivity contribution in [3.8, 4) is 0 Å². The molecule has 3 heteroatoms. The van der Waals surface area contributed by atoms with E-state index in [1.165, 1.54) is 12.8 Å². The van der Waals surface area contributed by atoms with Crippen LogP contribution in [-0.2, 0) is 0 Å². The summed E-state index contributed by atoms with van der Waals surface area (Å²) in [6.07, 6.45) is 7.96. The van der Waals surface area contributed by atoms with Gasteiger partial charge in [0.15, 0.2) is 6.33 Å². The van der Waals surface area contributed by atoms with Crippen molar-refractivity contribution in [3.63, 3.8) is 0 Å². The van der Waals surface area contributed by atoms with E-state index in [1.807, 2.05) is 6.07 Å². The van der Waals surface area contributed by atoms with Gasteiger partial charge >= 0.3 is 0 Å². The van der Waals surface area contributed by atoms with Crippen LogP contribution in [0.5, 0.6) is 0 Å². The summed E-state index contributed by atoms with van der Waals surface area (Å²) in [5.41, 5.74) is 0. The molecule has 1 heterocycles. The van der Waals surface area contributed by atoms with Crippen molar-refractivity contribution in [2.75, 3.05) is 18.0 Å². The minimum atomic E-state index is 0.996. The minimum Gasteiger partial charge on any atom is -0.357 e. The lowest BCUT2D eigenvalue weighted by Crippen LogP contribution is -2.26. The van der Waals surface area contributed by atoms with Gasteiger partial charge in [0.05, 0.1) is 0 Å². The third-order valence-electron chi connectivity index (χ3n) is 2.12. The Bertz CT molecular complexity index is 236. The van der Waals surface area contributed by atoms with Crippen LogP contribution in [0.4, 0.5) is 5.82 Å². The van der Waals surface area contributed by atoms with Gasteiger partial charge in [-0.1, -0.05) is 20.3 Å². The van der Waals surface area contributed by atoms with Crippen molar-refractivity contribution < 1.29 is 0 Å². The van der Waals surface area contributed by atoms with Gasteiger partial charge in [0.2, 0.25) is 0 Å². The smallest absolute Gasteiger partial charge is 0.199 e. The molecule has 0 aromatic carbocycles. The highest BCUT2D eigenvalue weighted by Crippen LogP contribution is 2.09. The second-order valence-corrected chi connectivity index (χ2v) is 3.36. The van der Waals surface area contributed by atoms with E-state index in [9.17, 15) is 0 Å². The van der Waals surface area contributed by atoms with Crippen LogP contribution in [0.25, 0.3) is 0 Å². The van der Waals surface area contributed by atoms with Crippen LogP contribution in [0.15, 0.2) is 12.3 Å². The van der Waals surface area contributed by atoms with Crippen LogP contribution in [0.1, 0.15) is 33.1 Å². The van der Waals surface area contributed by atoms with Crippen molar-refractivity contribution in [1.29, 1.82) is 0 Å². The Morgan fingerprint density at radius 2 is 2.14 bits per heavy atom. The van der Waals surface area contributed by atoms with Gasteiger partial charge in [0.25, 0.3) is 0 Å². The second-order valence-electron chi connectivity index (χ2n) is 3.36. The zero-order valence-electron chi connectivity index (χ0n) is 9.03. The van der Waals surface area contributed by atoms with Crippen LogP contribution in [-0.4, -0.2) is 23.1 Å². The van der Waals surface area contributed by atoms with Crippen LogP contribution >= 0.6 is 0 Å². The number of aromatic nitrogens is 2. The largest absolute Gasteiger partial charge is 0.357 e. The van der Waals surface area contributed by atoms with Crippen molar-refractivity contribution in [2.45, 2.75) is 33.1 Å². The second kappa shape index (κ2) is 6.35. The van der Waals surface area contributed by atoms with E-state index in [0.29, 0.717) is 0 Å². The molecule has 0 unspecified atom stereocenters. The van der Waals surface area contributed by atoms with Crippen LogP contribution in [0, 0.1) is 6.33 Å². The number of rotatable bonds is 6. The molecule has 0 N–H and O–H groups in total. The molecule has 0 spiro atoms. The Kier molecular flexibility index (Phi) is 4.97. The van der Waals surface area contributed by atoms with Gasteiger partial charge < -0.3 is 4.90 Å². The first-order valence-corrected chi connectivity index (χ1v) is 5.32. The number of nitrogens with zero attached hydrogens (tertiary/aromatic N) is 3. The molecule has 0 atom stereocenters. The molecule has 0 aliphatic rings. The number of anilines is 1. The fourth-order valence-electron chi connectivity index (χ4n) is 1.39. The van der Waals surface area contributed by atoms with E-state index in [1.54, 1.807) is 6.20 Å². The summed E-state index contributed by atoms with van der Waals surface area (Å²) >= 11 is 0. The van der Waals surface area contributed by atoms with Crippen molar-refractivity contribution in [3.05, 3.63) is 18.6 Å². The van der Waals surface area contributed by atoms with E-state index in [2.05, 4.69) is 35.0 Å². The molecule has 14 heavy (non-hydrogen) atoms. The Balaban J connectivity index is 2.58. The summed E-state index contributed by atoms with van der Waals surface area (Å²) in [6.45, 7) is 6.53. The molecule has 0 saturated carbocycles. The highest BCUT2D eigenvalue weighted by molar-refractivity contribution is 5.35. The molecule has 1 radical (unpaired) electrons. The first kappa shape index (κ1) is 11.0. The summed E-state index contributed by atoms with van der Waals surface area (Å²) < 4.78 is 0. The molecule has 0 bridgehead atoms. The first-order valence-electron chi connectivity index (χ1n) is 5.32. The monoisotopic (exact) mass is 192 g/mol. The molecule has 0 aliphatic heterocycles. The maximum Gasteiger partial charge on any atom is 0.199 e. The summed E-state index contributed by atoms with van der Waals surface area (Å²) in [6, 6.07) is 1.95. The lowest BCUT2D eigenvalue weighted by Gasteiger charge is -2.22. The summed E-state index contributed by atoms with van der Waals surface area (Å²) in [5, 5.41) is 0. The molecule has 0 amide bonds. The SMILES string of the molecule is CCCCN(CCC)c1ccn[c]n1. The predicted octanol–water partition coefficient (Wildman–Crippen LogP) is 2.29. The van der Waals surface area contributed by atoms with Gasteiger partial charge in [-0.25, -0.2) is 9.97 Å². The first-order chi connectivity index (χ1) is 6.88. The van der Waals surface area contributed by atoms with Crippen LogP contribution in [0.3, 0.4) is 0 Å². The van der Waals surface area contributed by atoms with Crippen molar-refractivity contribution in [2.24, 2.45) is 0 Å². The summed E-state index contributed by atoms with van der Waals surface area (Å²) in [7, 11) is 0. The van der Waals surface area contributed by atoms with Gasteiger partial charge in [-0.2, -0.15) is 0 Å². The third-order valence-corrected chi connectivity index (χ3v) is 2.12. The molecule has 0 saturated heterocycles. The lowest BCUT2D eigenvalue weighted by atomic mass is 10.3. The zero-order chi connectivity index (χ0) is 10.2. The molecule has 0 fully saturated rings. The van der Waals surface area contributed by atoms with Gasteiger partial charge in [0.1, 0.15) is 5.82 Å². The molecule has 0 aliphatic carbocycles. The summed E-state index contributed by atoms with van der Waals surface area (Å²) in [4.78, 5) is 10.2. The topological polar surface area (TPSA) is 29.0 Å². The van der Waals surface area contributed by atoms with Gasteiger partial charge in [-0.3, -0.25) is 0 Å². The molecule has 77 valence electrons. The highest BCUT2D eigenvalue weighted by atomic mass is 15.2. The fraction of sp³-hybridized carbons (Fsp3) is 0.636. The molecule has 1 aromatic heterocycles. The Labute approximate surface area is 86.2 Å². The number of unbranched alkanes of at least 4 members (excludes halogenated alkanes) is 1. The van der Waals surface area contributed by atoms with E-state index in [0.717, 1.165) is 25.3 Å². The standard InChI is InChI=1S/C11H18N3/c1-3-5-9-14(8-4-2)11-6-7-12-10-13-11/h6-7H,3-5,8-9H2,1-2H3. The normalized spacial score (nSPS) is 10.1. The van der Waals surface area contributed by atoms with Crippen LogP contribution < -0.4 is 4.90 Å². The Morgan fingerprint density at radius 3 is 2.71 bits per heavy atom. The number of hydrogen-bond acceptors (Lipinski definition) is 3. The predicted molar refractivity (Wildman–Crippen MR) is 58.3 cm³/mol. The number of hydrogen-bond donors (Lipinski definition) is 0.